The summed E-state index contributed by atoms with van der Waals surface area (Å²) in [5, 5.41) is 3.10. The molecule has 0 saturated heterocycles. The molecule has 23 heavy (non-hydrogen) atoms. The maximum Gasteiger partial charge on any atom is 0.193 e. The maximum absolute atomic E-state index is 5.93. The summed E-state index contributed by atoms with van der Waals surface area (Å²) in [6, 6.07) is 14.2. The van der Waals surface area contributed by atoms with Gasteiger partial charge >= 0.3 is 0 Å². The Morgan fingerprint density at radius 2 is 1.78 bits per heavy atom. The summed E-state index contributed by atoms with van der Waals surface area (Å²) in [7, 11) is 1.67. The standard InChI is InChI=1S/C18H23N3O.HI/c1-4-14-5-8-16(9-6-14)21-18(19)20-12-15-7-10-17(22-3)13(2)11-15;/h5-11H,4,12H2,1-3H3,(H3,19,20,21);1H. The Labute approximate surface area is 155 Å². The van der Waals surface area contributed by atoms with Crippen molar-refractivity contribution >= 4 is 35.6 Å². The molecule has 0 fully saturated rings. The van der Waals surface area contributed by atoms with Crippen molar-refractivity contribution in [1.29, 1.82) is 0 Å². The lowest BCUT2D eigenvalue weighted by atomic mass is 10.1. The number of aryl methyl sites for hydroxylation is 2. The van der Waals surface area contributed by atoms with Crippen LogP contribution in [0.4, 0.5) is 5.69 Å². The third kappa shape index (κ3) is 5.74. The number of guanidine groups is 1. The quantitative estimate of drug-likeness (QED) is 0.431. The summed E-state index contributed by atoms with van der Waals surface area (Å²) in [5.41, 5.74) is 10.4. The molecular weight excluding hydrogens is 401 g/mol. The van der Waals surface area contributed by atoms with Gasteiger partial charge < -0.3 is 15.8 Å². The maximum atomic E-state index is 5.93. The fourth-order valence-electron chi connectivity index (χ4n) is 2.23. The second-order valence-electron chi connectivity index (χ2n) is 5.18. The molecule has 0 saturated carbocycles. The Morgan fingerprint density at radius 1 is 1.13 bits per heavy atom. The van der Waals surface area contributed by atoms with Gasteiger partial charge in [0.1, 0.15) is 5.75 Å². The Kier molecular flexibility index (Phi) is 7.88. The highest BCUT2D eigenvalue weighted by atomic mass is 127. The number of methoxy groups -OCH3 is 1. The number of nitrogens with one attached hydrogen (secondary N) is 1. The van der Waals surface area contributed by atoms with Crippen LogP contribution >= 0.6 is 24.0 Å². The average Bonchev–Trinajstić information content (AvgIpc) is 2.54. The number of hydrogen-bond acceptors (Lipinski definition) is 2. The van der Waals surface area contributed by atoms with Gasteiger partial charge in [-0.1, -0.05) is 31.2 Å². The van der Waals surface area contributed by atoms with Gasteiger partial charge in [-0.25, -0.2) is 4.99 Å². The van der Waals surface area contributed by atoms with Gasteiger partial charge in [-0.15, -0.1) is 24.0 Å². The molecule has 0 aliphatic carbocycles. The van der Waals surface area contributed by atoms with E-state index in [1.54, 1.807) is 7.11 Å². The predicted molar refractivity (Wildman–Crippen MR) is 108 cm³/mol. The van der Waals surface area contributed by atoms with E-state index in [1.165, 1.54) is 5.56 Å². The van der Waals surface area contributed by atoms with Crippen LogP contribution in [0.1, 0.15) is 23.6 Å². The minimum atomic E-state index is 0. The normalized spacial score (nSPS) is 10.8. The molecule has 0 aliphatic rings. The summed E-state index contributed by atoms with van der Waals surface area (Å²) >= 11 is 0. The van der Waals surface area contributed by atoms with E-state index in [0.29, 0.717) is 12.5 Å². The van der Waals surface area contributed by atoms with Gasteiger partial charge in [-0.05, 0) is 48.2 Å². The first-order valence-electron chi connectivity index (χ1n) is 7.41. The van der Waals surface area contributed by atoms with Crippen molar-refractivity contribution in [3.8, 4) is 5.75 Å². The van der Waals surface area contributed by atoms with Crippen LogP contribution in [-0.2, 0) is 13.0 Å². The molecule has 0 radical (unpaired) electrons. The van der Waals surface area contributed by atoms with E-state index >= 15 is 0 Å². The predicted octanol–water partition coefficient (Wildman–Crippen LogP) is 4.11. The van der Waals surface area contributed by atoms with Crippen molar-refractivity contribution in [1.82, 2.24) is 0 Å². The summed E-state index contributed by atoms with van der Waals surface area (Å²) in [6.45, 7) is 4.69. The highest BCUT2D eigenvalue weighted by molar-refractivity contribution is 14.0. The lowest BCUT2D eigenvalue weighted by Gasteiger charge is -2.08. The van der Waals surface area contributed by atoms with E-state index in [4.69, 9.17) is 10.5 Å². The van der Waals surface area contributed by atoms with Gasteiger partial charge in [-0.3, -0.25) is 0 Å². The Morgan fingerprint density at radius 3 is 2.35 bits per heavy atom. The number of aliphatic imine (C=N–C) groups is 1. The molecule has 0 atom stereocenters. The first-order valence-corrected chi connectivity index (χ1v) is 7.41. The SMILES string of the molecule is CCc1ccc(NC(N)=NCc2ccc(OC)c(C)c2)cc1.I. The summed E-state index contributed by atoms with van der Waals surface area (Å²) in [4.78, 5) is 4.37. The smallest absolute Gasteiger partial charge is 0.193 e. The monoisotopic (exact) mass is 425 g/mol. The zero-order valence-corrected chi connectivity index (χ0v) is 16.1. The van der Waals surface area contributed by atoms with E-state index in [0.717, 1.165) is 29.0 Å². The largest absolute Gasteiger partial charge is 0.496 e. The molecular formula is C18H24IN3O. The van der Waals surface area contributed by atoms with Crippen LogP contribution in [0.5, 0.6) is 5.75 Å². The van der Waals surface area contributed by atoms with Crippen molar-refractivity contribution in [3.05, 3.63) is 59.2 Å². The number of rotatable bonds is 5. The van der Waals surface area contributed by atoms with Gasteiger partial charge in [0, 0.05) is 5.69 Å². The molecule has 0 aliphatic heterocycles. The number of ether oxygens (including phenoxy) is 1. The van der Waals surface area contributed by atoms with Crippen LogP contribution in [0.3, 0.4) is 0 Å². The second kappa shape index (κ2) is 9.39. The third-order valence-electron chi connectivity index (χ3n) is 3.53. The fraction of sp³-hybridized carbons (Fsp3) is 0.278. The van der Waals surface area contributed by atoms with Crippen molar-refractivity contribution in [2.45, 2.75) is 26.8 Å². The average molecular weight is 425 g/mol. The number of nitrogens with zero attached hydrogens (tertiary/aromatic N) is 1. The van der Waals surface area contributed by atoms with Gasteiger partial charge in [0.25, 0.3) is 0 Å². The van der Waals surface area contributed by atoms with Crippen LogP contribution in [-0.4, -0.2) is 13.1 Å². The van der Waals surface area contributed by atoms with Gasteiger partial charge in [-0.2, -0.15) is 0 Å². The van der Waals surface area contributed by atoms with E-state index < -0.39 is 0 Å². The lowest BCUT2D eigenvalue weighted by Crippen LogP contribution is -2.22. The molecule has 2 aromatic carbocycles. The molecule has 4 nitrogen and oxygen atoms in total. The van der Waals surface area contributed by atoms with Gasteiger partial charge in [0.05, 0.1) is 13.7 Å². The molecule has 2 aromatic rings. The highest BCUT2D eigenvalue weighted by Crippen LogP contribution is 2.18. The summed E-state index contributed by atoms with van der Waals surface area (Å²) in [5.74, 6) is 1.30. The van der Waals surface area contributed by atoms with Crippen molar-refractivity contribution in [2.24, 2.45) is 10.7 Å². The van der Waals surface area contributed by atoms with Crippen molar-refractivity contribution in [2.75, 3.05) is 12.4 Å². The van der Waals surface area contributed by atoms with Crippen LogP contribution in [0, 0.1) is 6.92 Å². The number of benzene rings is 2. The molecule has 3 N–H and O–H groups in total. The molecule has 0 amide bonds. The van der Waals surface area contributed by atoms with E-state index in [1.807, 2.05) is 31.2 Å². The number of nitrogens with two attached hydrogens (primary N) is 1. The van der Waals surface area contributed by atoms with Crippen molar-refractivity contribution in [3.63, 3.8) is 0 Å². The van der Waals surface area contributed by atoms with E-state index in [-0.39, 0.29) is 24.0 Å². The minimum absolute atomic E-state index is 0. The Hall–Kier alpha value is -1.76. The molecule has 2 rings (SSSR count). The zero-order chi connectivity index (χ0) is 15.9. The first kappa shape index (κ1) is 19.3. The van der Waals surface area contributed by atoms with E-state index in [9.17, 15) is 0 Å². The Bertz CT molecular complexity index is 654. The molecule has 5 heteroatoms. The van der Waals surface area contributed by atoms with E-state index in [2.05, 4.69) is 35.4 Å². The molecule has 0 unspecified atom stereocenters. The molecule has 0 heterocycles. The van der Waals surface area contributed by atoms with Gasteiger partial charge in [0.15, 0.2) is 5.96 Å². The van der Waals surface area contributed by atoms with Crippen LogP contribution in [0.15, 0.2) is 47.5 Å². The Balaban J connectivity index is 0.00000264. The van der Waals surface area contributed by atoms with Crippen molar-refractivity contribution < 1.29 is 4.74 Å². The number of anilines is 1. The second-order valence-corrected chi connectivity index (χ2v) is 5.18. The number of halogens is 1. The summed E-state index contributed by atoms with van der Waals surface area (Å²) in [6.07, 6.45) is 1.03. The summed E-state index contributed by atoms with van der Waals surface area (Å²) < 4.78 is 5.25. The number of hydrogen-bond donors (Lipinski definition) is 2. The minimum Gasteiger partial charge on any atom is -0.496 e. The topological polar surface area (TPSA) is 59.6 Å². The lowest BCUT2D eigenvalue weighted by molar-refractivity contribution is 0.411. The third-order valence-corrected chi connectivity index (χ3v) is 3.53. The zero-order valence-electron chi connectivity index (χ0n) is 13.8. The molecule has 0 spiro atoms. The van der Waals surface area contributed by atoms with Gasteiger partial charge in [0.2, 0.25) is 0 Å². The molecule has 124 valence electrons. The first-order chi connectivity index (χ1) is 10.6. The van der Waals surface area contributed by atoms with Crippen LogP contribution in [0.25, 0.3) is 0 Å². The van der Waals surface area contributed by atoms with Crippen LogP contribution < -0.4 is 15.8 Å². The molecule has 0 bridgehead atoms. The molecule has 0 aromatic heterocycles. The highest BCUT2D eigenvalue weighted by Gasteiger charge is 2.00. The van der Waals surface area contributed by atoms with Crippen LogP contribution in [0.2, 0.25) is 0 Å². The fourth-order valence-corrected chi connectivity index (χ4v) is 2.23.